The van der Waals surface area contributed by atoms with E-state index in [0.29, 0.717) is 6.92 Å². The van der Waals surface area contributed by atoms with Crippen LogP contribution in [-0.2, 0) is 14.3 Å². The second-order valence-corrected chi connectivity index (χ2v) is 3.20. The fourth-order valence-electron chi connectivity index (χ4n) is 0.811. The summed E-state index contributed by atoms with van der Waals surface area (Å²) in [6.45, 7) is 1.84. The third-order valence-corrected chi connectivity index (χ3v) is 1.62. The molecule has 0 saturated heterocycles. The standard InChI is InChI=1S/C9H9F7O3/c1-3-18-6(17)4-5(2)19-9(15,16)7(10,11)8(12,13)14/h4H,3H2,1-2H3/b5-4+. The van der Waals surface area contributed by atoms with Gasteiger partial charge < -0.3 is 9.47 Å². The van der Waals surface area contributed by atoms with Crippen molar-refractivity contribution in [2.45, 2.75) is 32.1 Å². The van der Waals surface area contributed by atoms with Crippen LogP contribution in [0.25, 0.3) is 0 Å². The first-order valence-corrected chi connectivity index (χ1v) is 4.71. The van der Waals surface area contributed by atoms with E-state index in [1.54, 1.807) is 0 Å². The summed E-state index contributed by atoms with van der Waals surface area (Å²) >= 11 is 0. The van der Waals surface area contributed by atoms with Crippen molar-refractivity contribution in [3.8, 4) is 0 Å². The highest BCUT2D eigenvalue weighted by atomic mass is 19.4. The molecule has 0 rings (SSSR count). The Bertz CT molecular complexity index is 359. The predicted octanol–water partition coefficient (Wildman–Crippen LogP) is 3.26. The van der Waals surface area contributed by atoms with Crippen LogP contribution in [-0.4, -0.2) is 30.8 Å². The van der Waals surface area contributed by atoms with E-state index >= 15 is 0 Å². The van der Waals surface area contributed by atoms with Gasteiger partial charge in [-0.2, -0.15) is 30.7 Å². The number of alkyl halides is 7. The Hall–Kier alpha value is -1.48. The number of ether oxygens (including phenoxy) is 2. The van der Waals surface area contributed by atoms with Crippen LogP contribution < -0.4 is 0 Å². The van der Waals surface area contributed by atoms with Crippen LogP contribution >= 0.6 is 0 Å². The van der Waals surface area contributed by atoms with Crippen LogP contribution in [0.3, 0.4) is 0 Å². The molecule has 0 spiro atoms. The first-order chi connectivity index (χ1) is 8.35. The number of carbonyl (C=O) groups is 1. The Morgan fingerprint density at radius 1 is 1.11 bits per heavy atom. The Balaban J connectivity index is 5.01. The average Bonchev–Trinajstić information content (AvgIpc) is 2.13. The lowest BCUT2D eigenvalue weighted by Crippen LogP contribution is -2.53. The number of carbonyl (C=O) groups excluding carboxylic acids is 1. The molecule has 112 valence electrons. The second kappa shape index (κ2) is 5.66. The van der Waals surface area contributed by atoms with E-state index in [-0.39, 0.29) is 12.7 Å². The molecule has 0 N–H and O–H groups in total. The van der Waals surface area contributed by atoms with Crippen LogP contribution in [0, 0.1) is 0 Å². The van der Waals surface area contributed by atoms with E-state index in [9.17, 15) is 35.5 Å². The second-order valence-electron chi connectivity index (χ2n) is 3.20. The first kappa shape index (κ1) is 17.5. The van der Waals surface area contributed by atoms with Gasteiger partial charge in [0.25, 0.3) is 0 Å². The zero-order valence-corrected chi connectivity index (χ0v) is 9.65. The van der Waals surface area contributed by atoms with Gasteiger partial charge in [-0.1, -0.05) is 0 Å². The third kappa shape index (κ3) is 4.28. The Morgan fingerprint density at radius 3 is 1.95 bits per heavy atom. The first-order valence-electron chi connectivity index (χ1n) is 4.71. The molecule has 0 unspecified atom stereocenters. The van der Waals surface area contributed by atoms with Gasteiger partial charge in [-0.05, 0) is 13.8 Å². The van der Waals surface area contributed by atoms with Gasteiger partial charge in [-0.15, -0.1) is 0 Å². The highest BCUT2D eigenvalue weighted by Crippen LogP contribution is 2.47. The van der Waals surface area contributed by atoms with Crippen molar-refractivity contribution >= 4 is 5.97 Å². The monoisotopic (exact) mass is 298 g/mol. The minimum atomic E-state index is -6.50. The molecule has 0 heterocycles. The number of rotatable bonds is 5. The maximum absolute atomic E-state index is 12.7. The molecule has 0 saturated carbocycles. The predicted molar refractivity (Wildman–Crippen MR) is 47.4 cm³/mol. The van der Waals surface area contributed by atoms with Crippen LogP contribution in [0.5, 0.6) is 0 Å². The van der Waals surface area contributed by atoms with Crippen molar-refractivity contribution in [1.29, 1.82) is 0 Å². The van der Waals surface area contributed by atoms with Crippen LogP contribution in [0.15, 0.2) is 11.8 Å². The smallest absolute Gasteiger partial charge is 0.463 e. The summed E-state index contributed by atoms with van der Waals surface area (Å²) in [5.41, 5.74) is 0. The fraction of sp³-hybridized carbons (Fsp3) is 0.667. The van der Waals surface area contributed by atoms with Crippen LogP contribution in [0.4, 0.5) is 30.7 Å². The van der Waals surface area contributed by atoms with Gasteiger partial charge in [0.1, 0.15) is 5.76 Å². The van der Waals surface area contributed by atoms with Gasteiger partial charge in [0.2, 0.25) is 0 Å². The van der Waals surface area contributed by atoms with E-state index in [4.69, 9.17) is 0 Å². The maximum Gasteiger partial charge on any atom is 0.474 e. The Morgan fingerprint density at radius 2 is 1.58 bits per heavy atom. The van der Waals surface area contributed by atoms with Crippen molar-refractivity contribution in [3.63, 3.8) is 0 Å². The molecule has 0 aliphatic carbocycles. The van der Waals surface area contributed by atoms with E-state index in [1.807, 2.05) is 0 Å². The summed E-state index contributed by atoms with van der Waals surface area (Å²) in [4.78, 5) is 10.8. The lowest BCUT2D eigenvalue weighted by atomic mass is 10.3. The molecule has 0 radical (unpaired) electrons. The molecule has 19 heavy (non-hydrogen) atoms. The van der Waals surface area contributed by atoms with Crippen molar-refractivity contribution in [1.82, 2.24) is 0 Å². The van der Waals surface area contributed by atoms with Crippen molar-refractivity contribution in [2.75, 3.05) is 6.61 Å². The molecule has 0 bridgehead atoms. The number of halogens is 7. The molecular formula is C9H9F7O3. The lowest BCUT2D eigenvalue weighted by molar-refractivity contribution is -0.415. The molecule has 0 aliphatic heterocycles. The Kier molecular flexibility index (Phi) is 5.22. The van der Waals surface area contributed by atoms with Gasteiger partial charge in [-0.3, -0.25) is 0 Å². The molecule has 0 aromatic carbocycles. The fourth-order valence-corrected chi connectivity index (χ4v) is 0.811. The quantitative estimate of drug-likeness (QED) is 0.338. The highest BCUT2D eigenvalue weighted by molar-refractivity contribution is 5.82. The zero-order chi connectivity index (χ0) is 15.5. The topological polar surface area (TPSA) is 35.5 Å². The van der Waals surface area contributed by atoms with Crippen LogP contribution in [0.2, 0.25) is 0 Å². The largest absolute Gasteiger partial charge is 0.474 e. The van der Waals surface area contributed by atoms with E-state index in [0.717, 1.165) is 0 Å². The van der Waals surface area contributed by atoms with E-state index < -0.39 is 29.9 Å². The van der Waals surface area contributed by atoms with Crippen molar-refractivity contribution in [3.05, 3.63) is 11.8 Å². The molecule has 0 atom stereocenters. The summed E-state index contributed by atoms with van der Waals surface area (Å²) in [6, 6.07) is 0. The molecule has 10 heteroatoms. The highest BCUT2D eigenvalue weighted by Gasteiger charge is 2.75. The minimum Gasteiger partial charge on any atom is -0.463 e. The SMILES string of the molecule is CCOC(=O)/C=C(\C)OC(F)(F)C(F)(F)C(F)(F)F. The van der Waals surface area contributed by atoms with Gasteiger partial charge in [-0.25, -0.2) is 4.79 Å². The summed E-state index contributed by atoms with van der Waals surface area (Å²) in [7, 11) is 0. The number of allylic oxidation sites excluding steroid dienone is 1. The number of hydrogen-bond acceptors (Lipinski definition) is 3. The number of hydrogen-bond donors (Lipinski definition) is 0. The summed E-state index contributed by atoms with van der Waals surface area (Å²) in [5.74, 6) is -8.76. The summed E-state index contributed by atoms with van der Waals surface area (Å²) in [5, 5.41) is 0. The van der Waals surface area contributed by atoms with Gasteiger partial charge in [0, 0.05) is 0 Å². The normalized spacial score (nSPS) is 14.3. The maximum atomic E-state index is 12.7. The van der Waals surface area contributed by atoms with Crippen LogP contribution in [0.1, 0.15) is 13.8 Å². The van der Waals surface area contributed by atoms with Crippen molar-refractivity contribution < 1.29 is 45.0 Å². The Labute approximate surface area is 103 Å². The van der Waals surface area contributed by atoms with Crippen molar-refractivity contribution in [2.24, 2.45) is 0 Å². The molecular weight excluding hydrogens is 289 g/mol. The molecule has 0 aromatic heterocycles. The van der Waals surface area contributed by atoms with E-state index in [1.165, 1.54) is 6.92 Å². The average molecular weight is 298 g/mol. The summed E-state index contributed by atoms with van der Waals surface area (Å²) < 4.78 is 92.9. The molecule has 0 fully saturated rings. The van der Waals surface area contributed by atoms with Gasteiger partial charge >= 0.3 is 24.2 Å². The number of esters is 1. The lowest BCUT2D eigenvalue weighted by Gasteiger charge is -2.27. The van der Waals surface area contributed by atoms with Gasteiger partial charge in [0.15, 0.2) is 0 Å². The van der Waals surface area contributed by atoms with E-state index in [2.05, 4.69) is 9.47 Å². The molecule has 0 amide bonds. The molecule has 0 aromatic rings. The minimum absolute atomic E-state index is 0.141. The summed E-state index contributed by atoms with van der Waals surface area (Å²) in [6.07, 6.45) is -12.1. The third-order valence-electron chi connectivity index (χ3n) is 1.62. The van der Waals surface area contributed by atoms with Gasteiger partial charge in [0.05, 0.1) is 12.7 Å². The molecule has 3 nitrogen and oxygen atoms in total. The molecule has 0 aliphatic rings. The zero-order valence-electron chi connectivity index (χ0n) is 9.65.